The Labute approximate surface area is 164 Å². The van der Waals surface area contributed by atoms with Crippen molar-refractivity contribution in [1.29, 1.82) is 0 Å². The molecule has 7 heteroatoms. The third-order valence-corrected chi connectivity index (χ3v) is 5.59. The summed E-state index contributed by atoms with van der Waals surface area (Å²) in [6.07, 6.45) is -6.40. The number of hydrogen-bond donors (Lipinski definition) is 0. The fraction of sp³-hybridized carbons (Fsp3) is 0.273. The maximum atomic E-state index is 13.7. The number of esters is 1. The number of ether oxygens (including phenoxy) is 1. The second-order valence-electron chi connectivity index (χ2n) is 7.37. The number of aryl methyl sites for hydroxylation is 2. The lowest BCUT2D eigenvalue weighted by Crippen LogP contribution is -2.52. The molecule has 0 N–H and O–H groups in total. The number of para-hydroxylation sites is 1. The van der Waals surface area contributed by atoms with E-state index in [1.54, 1.807) is 43.3 Å². The average Bonchev–Trinajstić information content (AvgIpc) is 2.97. The molecular weight excluding hydrogens is 383 g/mol. The van der Waals surface area contributed by atoms with Crippen LogP contribution in [-0.4, -0.2) is 29.7 Å². The summed E-state index contributed by atoms with van der Waals surface area (Å²) in [5.74, 6) is -2.16. The lowest BCUT2D eigenvalue weighted by atomic mass is 9.71. The van der Waals surface area contributed by atoms with Crippen molar-refractivity contribution < 1.29 is 27.5 Å². The van der Waals surface area contributed by atoms with Crippen molar-refractivity contribution in [3.8, 4) is 11.3 Å². The number of rotatable bonds is 2. The van der Waals surface area contributed by atoms with Crippen molar-refractivity contribution in [2.75, 3.05) is 7.11 Å². The first-order chi connectivity index (χ1) is 13.6. The number of fused-ring (bicyclic) bond motifs is 5. The van der Waals surface area contributed by atoms with Crippen molar-refractivity contribution in [2.45, 2.75) is 31.9 Å². The normalized spacial score (nSPS) is 18.5. The van der Waals surface area contributed by atoms with E-state index in [0.29, 0.717) is 22.3 Å². The number of methoxy groups -OCH3 is 1. The van der Waals surface area contributed by atoms with Crippen molar-refractivity contribution in [2.24, 2.45) is 0 Å². The molecule has 3 aromatic rings. The largest absolute Gasteiger partial charge is 0.468 e. The fourth-order valence-corrected chi connectivity index (χ4v) is 4.37. The van der Waals surface area contributed by atoms with Gasteiger partial charge in [0, 0.05) is 10.9 Å². The van der Waals surface area contributed by atoms with Gasteiger partial charge in [-0.25, -0.2) is 0 Å². The molecule has 0 unspecified atom stereocenters. The van der Waals surface area contributed by atoms with E-state index in [1.165, 1.54) is 10.6 Å². The van der Waals surface area contributed by atoms with Crippen molar-refractivity contribution in [3.05, 3.63) is 59.2 Å². The molecule has 2 aromatic carbocycles. The molecule has 0 saturated carbocycles. The zero-order valence-electron chi connectivity index (χ0n) is 16.1. The SMILES string of the molecule is COC(=O)[C@@]1(CC(F)(F)F)C(=O)n2c(c(C)c3ccccc32)-c2ccc(C)cc21. The lowest BCUT2D eigenvalue weighted by molar-refractivity contribution is -0.166. The van der Waals surface area contributed by atoms with Crippen LogP contribution in [0.25, 0.3) is 22.2 Å². The lowest BCUT2D eigenvalue weighted by Gasteiger charge is -2.37. The summed E-state index contributed by atoms with van der Waals surface area (Å²) in [5.41, 5.74) is 0.345. The third kappa shape index (κ3) is 2.60. The Morgan fingerprint density at radius 2 is 1.83 bits per heavy atom. The summed E-state index contributed by atoms with van der Waals surface area (Å²) in [6.45, 7) is 3.53. The quantitative estimate of drug-likeness (QED) is 0.451. The Kier molecular flexibility index (Phi) is 4.12. The molecule has 0 saturated heterocycles. The van der Waals surface area contributed by atoms with Gasteiger partial charge in [0.1, 0.15) is 0 Å². The first-order valence-corrected chi connectivity index (χ1v) is 9.03. The number of alkyl halides is 3. The third-order valence-electron chi connectivity index (χ3n) is 5.59. The minimum atomic E-state index is -4.76. The highest BCUT2D eigenvalue weighted by Crippen LogP contribution is 2.49. The smallest absolute Gasteiger partial charge is 0.391 e. The van der Waals surface area contributed by atoms with Crippen LogP contribution < -0.4 is 0 Å². The van der Waals surface area contributed by atoms with E-state index in [0.717, 1.165) is 18.1 Å². The standard InChI is InChI=1S/C22H18F3NO3/c1-12-8-9-15-16(10-12)21(20(28)29-3,11-22(23,24)25)19(27)26-17-7-5-4-6-14(17)13(2)18(15)26/h4-10H,11H2,1-3H3/t21-/m1/s1. The highest BCUT2D eigenvalue weighted by molar-refractivity contribution is 6.18. The molecule has 29 heavy (non-hydrogen) atoms. The van der Waals surface area contributed by atoms with Crippen LogP contribution in [0.4, 0.5) is 13.2 Å². The Hall–Kier alpha value is -3.09. The van der Waals surface area contributed by atoms with Gasteiger partial charge in [-0.1, -0.05) is 42.0 Å². The van der Waals surface area contributed by atoms with Crippen LogP contribution in [0.3, 0.4) is 0 Å². The molecule has 1 aromatic heterocycles. The molecule has 4 rings (SSSR count). The van der Waals surface area contributed by atoms with Gasteiger partial charge in [-0.2, -0.15) is 13.2 Å². The van der Waals surface area contributed by atoms with E-state index in [1.807, 2.05) is 6.92 Å². The van der Waals surface area contributed by atoms with Crippen molar-refractivity contribution >= 4 is 22.8 Å². The Morgan fingerprint density at radius 1 is 1.14 bits per heavy atom. The maximum absolute atomic E-state index is 13.7. The predicted molar refractivity (Wildman–Crippen MR) is 102 cm³/mol. The van der Waals surface area contributed by atoms with Crippen LogP contribution in [0, 0.1) is 13.8 Å². The van der Waals surface area contributed by atoms with E-state index in [-0.39, 0.29) is 5.56 Å². The fourth-order valence-electron chi connectivity index (χ4n) is 4.37. The van der Waals surface area contributed by atoms with E-state index < -0.39 is 29.9 Å². The van der Waals surface area contributed by atoms with Gasteiger partial charge in [-0.15, -0.1) is 0 Å². The Balaban J connectivity index is 2.19. The molecule has 0 aliphatic carbocycles. The molecule has 0 amide bonds. The second kappa shape index (κ2) is 6.20. The monoisotopic (exact) mass is 401 g/mol. The van der Waals surface area contributed by atoms with Gasteiger partial charge in [0.05, 0.1) is 24.7 Å². The molecular formula is C22H18F3NO3. The molecule has 0 spiro atoms. The van der Waals surface area contributed by atoms with Gasteiger partial charge in [-0.3, -0.25) is 14.2 Å². The summed E-state index contributed by atoms with van der Waals surface area (Å²) < 4.78 is 47.0. The number of aromatic nitrogens is 1. The number of benzene rings is 2. The number of nitrogens with zero attached hydrogens (tertiary/aromatic N) is 1. The van der Waals surface area contributed by atoms with E-state index in [2.05, 4.69) is 0 Å². The first kappa shape index (κ1) is 19.2. The Morgan fingerprint density at radius 3 is 2.48 bits per heavy atom. The summed E-state index contributed by atoms with van der Waals surface area (Å²) in [4.78, 5) is 26.5. The minimum absolute atomic E-state index is 0.0325. The zero-order valence-corrected chi connectivity index (χ0v) is 16.1. The van der Waals surface area contributed by atoms with E-state index in [9.17, 15) is 22.8 Å². The number of halogens is 3. The van der Waals surface area contributed by atoms with E-state index >= 15 is 0 Å². The van der Waals surface area contributed by atoms with Crippen LogP contribution in [0.5, 0.6) is 0 Å². The van der Waals surface area contributed by atoms with Gasteiger partial charge in [-0.05, 0) is 31.0 Å². The first-order valence-electron chi connectivity index (χ1n) is 9.03. The summed E-state index contributed by atoms with van der Waals surface area (Å²) in [6, 6.07) is 11.9. The maximum Gasteiger partial charge on any atom is 0.391 e. The highest BCUT2D eigenvalue weighted by Gasteiger charge is 2.59. The Bertz CT molecular complexity index is 1180. The summed E-state index contributed by atoms with van der Waals surface area (Å²) >= 11 is 0. The molecule has 150 valence electrons. The van der Waals surface area contributed by atoms with Gasteiger partial charge in [0.25, 0.3) is 5.91 Å². The van der Waals surface area contributed by atoms with Crippen LogP contribution in [0.1, 0.15) is 27.9 Å². The molecule has 1 aliphatic heterocycles. The van der Waals surface area contributed by atoms with Crippen LogP contribution in [-0.2, 0) is 14.9 Å². The minimum Gasteiger partial charge on any atom is -0.468 e. The topological polar surface area (TPSA) is 48.3 Å². The number of carbonyl (C=O) groups is 2. The molecule has 0 radical (unpaired) electrons. The molecule has 0 fully saturated rings. The van der Waals surface area contributed by atoms with Gasteiger partial charge >= 0.3 is 12.1 Å². The number of carbonyl (C=O) groups excluding carboxylic acids is 2. The van der Waals surface area contributed by atoms with Crippen LogP contribution >= 0.6 is 0 Å². The summed E-state index contributed by atoms with van der Waals surface area (Å²) in [5, 5.41) is 0.745. The van der Waals surface area contributed by atoms with Gasteiger partial charge in [0.15, 0.2) is 5.41 Å². The van der Waals surface area contributed by atoms with Gasteiger partial charge in [0.2, 0.25) is 0 Å². The van der Waals surface area contributed by atoms with Crippen LogP contribution in [0.2, 0.25) is 0 Å². The number of hydrogen-bond acceptors (Lipinski definition) is 3. The summed E-state index contributed by atoms with van der Waals surface area (Å²) in [7, 11) is 0.998. The molecule has 1 atom stereocenters. The molecule has 4 nitrogen and oxygen atoms in total. The molecule has 0 bridgehead atoms. The second-order valence-corrected chi connectivity index (χ2v) is 7.37. The molecule has 1 aliphatic rings. The highest BCUT2D eigenvalue weighted by atomic mass is 19.4. The van der Waals surface area contributed by atoms with Crippen LogP contribution in [0.15, 0.2) is 42.5 Å². The van der Waals surface area contributed by atoms with Crippen molar-refractivity contribution in [1.82, 2.24) is 4.57 Å². The predicted octanol–water partition coefficient (Wildman–Crippen LogP) is 4.94. The molecule has 2 heterocycles. The average molecular weight is 401 g/mol. The zero-order chi connectivity index (χ0) is 21.1. The van der Waals surface area contributed by atoms with E-state index in [4.69, 9.17) is 4.74 Å². The van der Waals surface area contributed by atoms with Crippen molar-refractivity contribution in [3.63, 3.8) is 0 Å². The van der Waals surface area contributed by atoms with Gasteiger partial charge < -0.3 is 4.74 Å².